The number of hydrogen-bond acceptors (Lipinski definition) is 3. The highest BCUT2D eigenvalue weighted by Crippen LogP contribution is 2.23. The van der Waals surface area contributed by atoms with E-state index in [2.05, 4.69) is 45.0 Å². The number of carbonyl (C=O) groups is 2. The molecule has 1 saturated heterocycles. The number of amides is 1. The average molecular weight is 303 g/mol. The maximum atomic E-state index is 11.9. The Bertz CT molecular complexity index is 542. The molecule has 1 atom stereocenters. The number of benzene rings is 1. The molecule has 1 aromatic rings. The van der Waals surface area contributed by atoms with Crippen molar-refractivity contribution >= 4 is 11.9 Å². The maximum Gasteiger partial charge on any atom is 0.310 e. The monoisotopic (exact) mass is 303 g/mol. The quantitative estimate of drug-likeness (QED) is 0.803. The van der Waals surface area contributed by atoms with Crippen molar-refractivity contribution in [2.75, 3.05) is 20.2 Å². The summed E-state index contributed by atoms with van der Waals surface area (Å²) < 4.78 is 4.72. The molecular weight excluding hydrogens is 278 g/mol. The lowest BCUT2D eigenvalue weighted by Gasteiger charge is -2.20. The Hall–Kier alpha value is -1.84. The van der Waals surface area contributed by atoms with Crippen LogP contribution in [-0.4, -0.2) is 37.0 Å². The fourth-order valence-corrected chi connectivity index (χ4v) is 2.75. The minimum absolute atomic E-state index is 0.0433. The van der Waals surface area contributed by atoms with Crippen LogP contribution < -0.4 is 0 Å². The van der Waals surface area contributed by atoms with Gasteiger partial charge in [0.1, 0.15) is 0 Å². The predicted octanol–water partition coefficient (Wildman–Crippen LogP) is 2.55. The van der Waals surface area contributed by atoms with Crippen LogP contribution in [0.5, 0.6) is 0 Å². The number of ether oxygens (including phenoxy) is 1. The van der Waals surface area contributed by atoms with Crippen LogP contribution in [0.15, 0.2) is 24.3 Å². The fraction of sp³-hybridized carbons (Fsp3) is 0.556. The molecule has 0 saturated carbocycles. The zero-order valence-electron chi connectivity index (χ0n) is 13.9. The number of likely N-dealkylation sites (tertiary alicyclic amines) is 1. The van der Waals surface area contributed by atoms with Crippen LogP contribution in [0, 0.1) is 5.92 Å². The molecule has 0 radical (unpaired) electrons. The summed E-state index contributed by atoms with van der Waals surface area (Å²) in [5.41, 5.74) is 2.67. The van der Waals surface area contributed by atoms with Gasteiger partial charge in [-0.2, -0.15) is 0 Å². The van der Waals surface area contributed by atoms with Gasteiger partial charge in [-0.1, -0.05) is 45.0 Å². The molecular formula is C18H25NO3. The predicted molar refractivity (Wildman–Crippen MR) is 85.5 cm³/mol. The van der Waals surface area contributed by atoms with Crippen LogP contribution >= 0.6 is 0 Å². The van der Waals surface area contributed by atoms with Gasteiger partial charge in [0.05, 0.1) is 13.0 Å². The van der Waals surface area contributed by atoms with Gasteiger partial charge < -0.3 is 9.64 Å². The molecule has 1 aromatic carbocycles. The first-order valence-corrected chi connectivity index (χ1v) is 7.76. The molecule has 0 aliphatic carbocycles. The van der Waals surface area contributed by atoms with Crippen LogP contribution in [-0.2, 0) is 26.2 Å². The first-order chi connectivity index (χ1) is 10.3. The molecule has 4 nitrogen and oxygen atoms in total. The summed E-state index contributed by atoms with van der Waals surface area (Å²) in [6.07, 6.45) is 1.08. The molecule has 4 heteroatoms. The molecule has 0 aromatic heterocycles. The third-order valence-corrected chi connectivity index (χ3v) is 4.24. The van der Waals surface area contributed by atoms with E-state index < -0.39 is 0 Å². The molecule has 1 heterocycles. The van der Waals surface area contributed by atoms with Gasteiger partial charge in [0, 0.05) is 19.5 Å². The van der Waals surface area contributed by atoms with Crippen molar-refractivity contribution in [1.29, 1.82) is 0 Å². The summed E-state index contributed by atoms with van der Waals surface area (Å²) in [7, 11) is 1.37. The Balaban J connectivity index is 1.91. The highest BCUT2D eigenvalue weighted by molar-refractivity contribution is 5.86. The highest BCUT2D eigenvalue weighted by atomic mass is 16.5. The summed E-state index contributed by atoms with van der Waals surface area (Å²) in [5.74, 6) is -0.548. The van der Waals surface area contributed by atoms with Crippen LogP contribution in [0.4, 0.5) is 0 Å². The zero-order valence-corrected chi connectivity index (χ0v) is 13.9. The van der Waals surface area contributed by atoms with E-state index in [0.29, 0.717) is 13.1 Å². The van der Waals surface area contributed by atoms with Gasteiger partial charge in [-0.3, -0.25) is 9.59 Å². The van der Waals surface area contributed by atoms with Crippen molar-refractivity contribution < 1.29 is 14.3 Å². The Kier molecular flexibility index (Phi) is 4.89. The molecule has 1 aliphatic heterocycles. The zero-order chi connectivity index (χ0) is 16.3. The number of esters is 1. The van der Waals surface area contributed by atoms with E-state index >= 15 is 0 Å². The molecule has 1 unspecified atom stereocenters. The number of hydrogen-bond donors (Lipinski definition) is 0. The third-order valence-electron chi connectivity index (χ3n) is 4.24. The van der Waals surface area contributed by atoms with E-state index in [1.165, 1.54) is 18.2 Å². The summed E-state index contributed by atoms with van der Waals surface area (Å²) >= 11 is 0. The van der Waals surface area contributed by atoms with E-state index in [1.807, 2.05) is 0 Å². The Labute approximate surface area is 132 Å². The average Bonchev–Trinajstić information content (AvgIpc) is 2.85. The topological polar surface area (TPSA) is 46.6 Å². The number of methoxy groups -OCH3 is 1. The highest BCUT2D eigenvalue weighted by Gasteiger charge is 2.34. The van der Waals surface area contributed by atoms with E-state index in [0.717, 1.165) is 6.42 Å². The Morgan fingerprint density at radius 1 is 1.27 bits per heavy atom. The number of nitrogens with zero attached hydrogens (tertiary/aromatic N) is 1. The van der Waals surface area contributed by atoms with Crippen molar-refractivity contribution in [3.05, 3.63) is 35.4 Å². The largest absolute Gasteiger partial charge is 0.469 e. The van der Waals surface area contributed by atoms with Crippen molar-refractivity contribution in [3.8, 4) is 0 Å². The van der Waals surface area contributed by atoms with E-state index in [-0.39, 0.29) is 29.6 Å². The second kappa shape index (κ2) is 6.51. The first-order valence-electron chi connectivity index (χ1n) is 7.76. The second-order valence-corrected chi connectivity index (χ2v) is 6.96. The normalized spacial score (nSPS) is 18.6. The minimum atomic E-state index is -0.305. The molecule has 2 rings (SSSR count). The van der Waals surface area contributed by atoms with Crippen LogP contribution in [0.1, 0.15) is 38.3 Å². The molecule has 0 spiro atoms. The van der Waals surface area contributed by atoms with Crippen molar-refractivity contribution in [2.24, 2.45) is 5.92 Å². The molecule has 1 amide bonds. The molecule has 22 heavy (non-hydrogen) atoms. The van der Waals surface area contributed by atoms with Crippen LogP contribution in [0.2, 0.25) is 0 Å². The standard InChI is InChI=1S/C18H25NO3/c1-18(2,3)15-7-5-13(6-8-15)9-10-19-12-14(11-16(19)20)17(21)22-4/h5-8,14H,9-12H2,1-4H3. The third kappa shape index (κ3) is 3.87. The number of rotatable bonds is 4. The Morgan fingerprint density at radius 2 is 1.91 bits per heavy atom. The van der Waals surface area contributed by atoms with Crippen molar-refractivity contribution in [2.45, 2.75) is 39.0 Å². The van der Waals surface area contributed by atoms with Gasteiger partial charge in [0.25, 0.3) is 0 Å². The fourth-order valence-electron chi connectivity index (χ4n) is 2.75. The summed E-state index contributed by atoms with van der Waals surface area (Å²) in [5, 5.41) is 0. The lowest BCUT2D eigenvalue weighted by molar-refractivity contribution is -0.145. The number of carbonyl (C=O) groups excluding carboxylic acids is 2. The summed E-state index contributed by atoms with van der Waals surface area (Å²) in [6.45, 7) is 7.71. The minimum Gasteiger partial charge on any atom is -0.469 e. The van der Waals surface area contributed by atoms with Gasteiger partial charge in [-0.05, 0) is 23.0 Å². The lowest BCUT2D eigenvalue weighted by atomic mass is 9.86. The molecule has 0 N–H and O–H groups in total. The van der Waals surface area contributed by atoms with Crippen molar-refractivity contribution in [1.82, 2.24) is 4.90 Å². The maximum absolute atomic E-state index is 11.9. The van der Waals surface area contributed by atoms with E-state index in [1.54, 1.807) is 4.90 Å². The molecule has 0 bridgehead atoms. The lowest BCUT2D eigenvalue weighted by Crippen LogP contribution is -2.28. The molecule has 1 fully saturated rings. The summed E-state index contributed by atoms with van der Waals surface area (Å²) in [6, 6.07) is 8.55. The van der Waals surface area contributed by atoms with Gasteiger partial charge in [0.15, 0.2) is 0 Å². The van der Waals surface area contributed by atoms with Gasteiger partial charge in [0.2, 0.25) is 5.91 Å². The van der Waals surface area contributed by atoms with E-state index in [9.17, 15) is 9.59 Å². The van der Waals surface area contributed by atoms with Crippen LogP contribution in [0.3, 0.4) is 0 Å². The SMILES string of the molecule is COC(=O)C1CC(=O)N(CCc2ccc(C(C)(C)C)cc2)C1. The van der Waals surface area contributed by atoms with Gasteiger partial charge in [-0.25, -0.2) is 0 Å². The Morgan fingerprint density at radius 3 is 2.45 bits per heavy atom. The van der Waals surface area contributed by atoms with E-state index in [4.69, 9.17) is 4.74 Å². The van der Waals surface area contributed by atoms with Crippen LogP contribution in [0.25, 0.3) is 0 Å². The first kappa shape index (κ1) is 16.5. The van der Waals surface area contributed by atoms with Crippen molar-refractivity contribution in [3.63, 3.8) is 0 Å². The molecule has 1 aliphatic rings. The second-order valence-electron chi connectivity index (χ2n) is 6.96. The van der Waals surface area contributed by atoms with Gasteiger partial charge in [-0.15, -0.1) is 0 Å². The molecule has 120 valence electrons. The summed E-state index contributed by atoms with van der Waals surface area (Å²) in [4.78, 5) is 25.2. The van der Waals surface area contributed by atoms with Gasteiger partial charge >= 0.3 is 5.97 Å². The smallest absolute Gasteiger partial charge is 0.310 e.